The summed E-state index contributed by atoms with van der Waals surface area (Å²) in [4.78, 5) is 0. The van der Waals surface area contributed by atoms with Crippen molar-refractivity contribution < 1.29 is 9.26 Å². The van der Waals surface area contributed by atoms with Crippen LogP contribution in [0.3, 0.4) is 0 Å². The second kappa shape index (κ2) is 10.5. The molecule has 0 aliphatic rings. The van der Waals surface area contributed by atoms with E-state index in [4.69, 9.17) is 9.26 Å². The first-order valence-electron chi connectivity index (χ1n) is 9.31. The van der Waals surface area contributed by atoms with Gasteiger partial charge in [-0.05, 0) is 73.1 Å². The van der Waals surface area contributed by atoms with Crippen LogP contribution in [0.15, 0.2) is 24.3 Å². The van der Waals surface area contributed by atoms with Crippen LogP contribution in [0.4, 0.5) is 0 Å². The maximum absolute atomic E-state index is 6.55. The Morgan fingerprint density at radius 2 is 1.16 bits per heavy atom. The van der Waals surface area contributed by atoms with Gasteiger partial charge < -0.3 is 9.26 Å². The van der Waals surface area contributed by atoms with E-state index in [1.807, 2.05) is 12.1 Å². The third kappa shape index (κ3) is 6.53. The summed E-state index contributed by atoms with van der Waals surface area (Å²) in [5.74, 6) is 0.878. The van der Waals surface area contributed by atoms with Gasteiger partial charge in [-0.25, -0.2) is 9.34 Å². The molecule has 0 radical (unpaired) electrons. The molecule has 25 heavy (non-hydrogen) atoms. The summed E-state index contributed by atoms with van der Waals surface area (Å²) in [5, 5.41) is 0. The van der Waals surface area contributed by atoms with Gasteiger partial charge in [0.25, 0.3) is 0 Å². The average Bonchev–Trinajstić information content (AvgIpc) is 2.51. The van der Waals surface area contributed by atoms with Gasteiger partial charge in [-0.2, -0.15) is 0 Å². The van der Waals surface area contributed by atoms with Crippen LogP contribution < -0.4 is 4.74 Å². The van der Waals surface area contributed by atoms with Crippen molar-refractivity contribution in [1.82, 2.24) is 9.34 Å². The number of nitrogens with zero attached hydrogens (tertiary/aromatic N) is 2. The first kappa shape index (κ1) is 22.4. The molecule has 0 atom stereocenters. The first-order valence-corrected chi connectivity index (χ1v) is 10.5. The molecule has 0 aromatic heterocycles. The fourth-order valence-electron chi connectivity index (χ4n) is 3.09. The van der Waals surface area contributed by atoms with Gasteiger partial charge in [0.15, 0.2) is 8.45 Å². The van der Waals surface area contributed by atoms with Crippen LogP contribution >= 0.6 is 8.45 Å². The van der Waals surface area contributed by atoms with Gasteiger partial charge in [0, 0.05) is 24.2 Å². The minimum atomic E-state index is -0.845. The van der Waals surface area contributed by atoms with E-state index in [0.29, 0.717) is 30.8 Å². The molecule has 0 saturated heterocycles. The SMILES string of the molecule is COc1ccc(COP(N(C(C)C)C(C)C)N(C(C)C)C(C)C)cc1. The van der Waals surface area contributed by atoms with Gasteiger partial charge in [0.05, 0.1) is 13.7 Å². The van der Waals surface area contributed by atoms with Crippen LogP contribution in [0.1, 0.15) is 61.0 Å². The summed E-state index contributed by atoms with van der Waals surface area (Å²) in [6, 6.07) is 9.87. The molecular weight excluding hydrogens is 331 g/mol. The molecule has 0 heterocycles. The van der Waals surface area contributed by atoms with Crippen molar-refractivity contribution in [2.45, 2.75) is 86.2 Å². The summed E-state index contributed by atoms with van der Waals surface area (Å²) >= 11 is 0. The molecule has 0 unspecified atom stereocenters. The molecule has 0 aliphatic heterocycles. The lowest BCUT2D eigenvalue weighted by atomic mass is 10.2. The van der Waals surface area contributed by atoms with E-state index in [9.17, 15) is 0 Å². The number of hydrogen-bond acceptors (Lipinski definition) is 4. The topological polar surface area (TPSA) is 24.9 Å². The molecule has 4 nitrogen and oxygen atoms in total. The van der Waals surface area contributed by atoms with Crippen molar-refractivity contribution in [2.75, 3.05) is 7.11 Å². The van der Waals surface area contributed by atoms with Crippen LogP contribution in [-0.2, 0) is 11.1 Å². The second-order valence-corrected chi connectivity index (χ2v) is 9.20. The Labute approximate surface area is 156 Å². The van der Waals surface area contributed by atoms with E-state index in [-0.39, 0.29) is 0 Å². The zero-order valence-corrected chi connectivity index (χ0v) is 18.4. The summed E-state index contributed by atoms with van der Waals surface area (Å²) in [7, 11) is 0.847. The largest absolute Gasteiger partial charge is 0.497 e. The van der Waals surface area contributed by atoms with Crippen molar-refractivity contribution in [3.8, 4) is 5.75 Å². The fourth-order valence-corrected chi connectivity index (χ4v) is 5.44. The molecule has 0 fully saturated rings. The summed E-state index contributed by atoms with van der Waals surface area (Å²) in [6.45, 7) is 18.7. The molecule has 0 aliphatic carbocycles. The van der Waals surface area contributed by atoms with E-state index in [0.717, 1.165) is 5.75 Å². The molecule has 0 saturated carbocycles. The normalized spacial score (nSPS) is 12.6. The minimum Gasteiger partial charge on any atom is -0.497 e. The van der Waals surface area contributed by atoms with E-state index >= 15 is 0 Å². The van der Waals surface area contributed by atoms with Crippen molar-refractivity contribution in [2.24, 2.45) is 0 Å². The molecule has 1 rings (SSSR count). The number of benzene rings is 1. The van der Waals surface area contributed by atoms with Gasteiger partial charge >= 0.3 is 0 Å². The Hall–Kier alpha value is -0.670. The lowest BCUT2D eigenvalue weighted by molar-refractivity contribution is 0.182. The van der Waals surface area contributed by atoms with Gasteiger partial charge in [-0.1, -0.05) is 12.1 Å². The standard InChI is InChI=1S/C20H37N2O2P/c1-15(2)21(16(3)4)25(22(17(5)6)18(7)8)24-14-19-10-12-20(23-9)13-11-19/h10-13,15-18H,14H2,1-9H3. The highest BCUT2D eigenvalue weighted by atomic mass is 31.2. The summed E-state index contributed by atoms with van der Waals surface area (Å²) in [6.07, 6.45) is 0. The number of ether oxygens (including phenoxy) is 1. The Bertz CT molecular complexity index is 453. The highest BCUT2D eigenvalue weighted by molar-refractivity contribution is 7.47. The Morgan fingerprint density at radius 3 is 1.48 bits per heavy atom. The quantitative estimate of drug-likeness (QED) is 0.496. The third-order valence-electron chi connectivity index (χ3n) is 4.02. The molecule has 144 valence electrons. The first-order chi connectivity index (χ1) is 11.7. The molecule has 1 aromatic carbocycles. The molecule has 0 amide bonds. The lowest BCUT2D eigenvalue weighted by Crippen LogP contribution is -2.43. The highest BCUT2D eigenvalue weighted by Crippen LogP contribution is 2.51. The average molecular weight is 369 g/mol. The van der Waals surface area contributed by atoms with Gasteiger partial charge in [0.2, 0.25) is 0 Å². The molecular formula is C20H37N2O2P. The van der Waals surface area contributed by atoms with Crippen LogP contribution in [0.2, 0.25) is 0 Å². The summed E-state index contributed by atoms with van der Waals surface area (Å²) in [5.41, 5.74) is 1.17. The van der Waals surface area contributed by atoms with E-state index in [1.54, 1.807) is 7.11 Å². The zero-order valence-electron chi connectivity index (χ0n) is 17.5. The maximum atomic E-state index is 6.55. The predicted molar refractivity (Wildman–Crippen MR) is 109 cm³/mol. The zero-order chi connectivity index (χ0) is 19.1. The Balaban J connectivity index is 3.03. The van der Waals surface area contributed by atoms with Crippen LogP contribution in [0.25, 0.3) is 0 Å². The monoisotopic (exact) mass is 368 g/mol. The maximum Gasteiger partial charge on any atom is 0.189 e. The minimum absolute atomic E-state index is 0.432. The lowest BCUT2D eigenvalue weighted by Gasteiger charge is -2.45. The Kier molecular flexibility index (Phi) is 9.37. The fraction of sp³-hybridized carbons (Fsp3) is 0.700. The Morgan fingerprint density at radius 1 is 0.760 bits per heavy atom. The molecule has 0 N–H and O–H groups in total. The highest BCUT2D eigenvalue weighted by Gasteiger charge is 2.34. The smallest absolute Gasteiger partial charge is 0.189 e. The van der Waals surface area contributed by atoms with Crippen LogP contribution in [0, 0.1) is 0 Å². The van der Waals surface area contributed by atoms with Crippen LogP contribution in [0.5, 0.6) is 5.75 Å². The van der Waals surface area contributed by atoms with E-state index in [1.165, 1.54) is 5.56 Å². The number of rotatable bonds is 10. The van der Waals surface area contributed by atoms with E-state index < -0.39 is 8.45 Å². The number of methoxy groups -OCH3 is 1. The predicted octanol–water partition coefficient (Wildman–Crippen LogP) is 5.68. The second-order valence-electron chi connectivity index (χ2n) is 7.51. The van der Waals surface area contributed by atoms with E-state index in [2.05, 4.69) is 76.9 Å². The van der Waals surface area contributed by atoms with Crippen molar-refractivity contribution in [3.05, 3.63) is 29.8 Å². The van der Waals surface area contributed by atoms with Gasteiger partial charge in [-0.3, -0.25) is 0 Å². The van der Waals surface area contributed by atoms with Crippen molar-refractivity contribution in [3.63, 3.8) is 0 Å². The van der Waals surface area contributed by atoms with Gasteiger partial charge in [0.1, 0.15) is 5.75 Å². The molecule has 0 bridgehead atoms. The molecule has 0 spiro atoms. The third-order valence-corrected chi connectivity index (χ3v) is 7.01. The van der Waals surface area contributed by atoms with Crippen molar-refractivity contribution in [1.29, 1.82) is 0 Å². The van der Waals surface area contributed by atoms with Crippen LogP contribution in [-0.4, -0.2) is 40.6 Å². The molecule has 1 aromatic rings. The molecule has 5 heteroatoms. The number of hydrogen-bond donors (Lipinski definition) is 0. The van der Waals surface area contributed by atoms with Gasteiger partial charge in [-0.15, -0.1) is 0 Å². The summed E-state index contributed by atoms with van der Waals surface area (Å²) < 4.78 is 16.8. The van der Waals surface area contributed by atoms with Crippen molar-refractivity contribution >= 4 is 8.45 Å².